The van der Waals surface area contributed by atoms with Gasteiger partial charge in [-0.1, -0.05) is 0 Å². The topological polar surface area (TPSA) is 117 Å². The summed E-state index contributed by atoms with van der Waals surface area (Å²) < 4.78 is 32.5. The number of carbonyl (C=O) groups excluding carboxylic acids is 1. The molecule has 1 aromatic heterocycles. The molecular formula is C17H30IN5O4S2. The van der Waals surface area contributed by atoms with Gasteiger partial charge in [-0.05, 0) is 39.8 Å². The van der Waals surface area contributed by atoms with Crippen LogP contribution in [-0.2, 0) is 14.8 Å². The highest BCUT2D eigenvalue weighted by Crippen LogP contribution is 2.20. The molecule has 1 amide bonds. The van der Waals surface area contributed by atoms with Gasteiger partial charge in [0.2, 0.25) is 10.0 Å². The fourth-order valence-corrected chi connectivity index (χ4v) is 4.87. The molecule has 2 heterocycles. The lowest BCUT2D eigenvalue weighted by Crippen LogP contribution is -2.53. The zero-order chi connectivity index (χ0) is 20.9. The summed E-state index contributed by atoms with van der Waals surface area (Å²) in [6.07, 6.45) is -0.333. The van der Waals surface area contributed by atoms with Crippen LogP contribution in [0.25, 0.3) is 0 Å². The van der Waals surface area contributed by atoms with Crippen molar-refractivity contribution in [2.45, 2.75) is 37.5 Å². The number of nitrogens with two attached hydrogens (primary N) is 1. The largest absolute Gasteiger partial charge is 0.444 e. The van der Waals surface area contributed by atoms with E-state index in [1.807, 2.05) is 32.6 Å². The van der Waals surface area contributed by atoms with Crippen molar-refractivity contribution in [3.8, 4) is 0 Å². The van der Waals surface area contributed by atoms with Crippen LogP contribution >= 0.6 is 35.3 Å². The molecule has 12 heteroatoms. The van der Waals surface area contributed by atoms with Crippen molar-refractivity contribution in [2.75, 3.05) is 39.3 Å². The highest BCUT2D eigenvalue weighted by atomic mass is 127. The third kappa shape index (κ3) is 8.26. The van der Waals surface area contributed by atoms with E-state index in [1.165, 1.54) is 11.3 Å². The van der Waals surface area contributed by atoms with E-state index in [1.54, 1.807) is 17.0 Å². The summed E-state index contributed by atoms with van der Waals surface area (Å²) in [4.78, 5) is 20.8. The number of rotatable bonds is 5. The molecule has 2 rings (SSSR count). The van der Waals surface area contributed by atoms with Crippen molar-refractivity contribution < 1.29 is 17.9 Å². The molecule has 0 unspecified atom stereocenters. The minimum Gasteiger partial charge on any atom is -0.444 e. The normalized spacial score (nSPS) is 15.8. The Labute approximate surface area is 193 Å². The van der Waals surface area contributed by atoms with Crippen LogP contribution in [0.4, 0.5) is 4.79 Å². The van der Waals surface area contributed by atoms with Gasteiger partial charge in [-0.2, -0.15) is 0 Å². The smallest absolute Gasteiger partial charge is 0.410 e. The van der Waals surface area contributed by atoms with Crippen molar-refractivity contribution in [1.29, 1.82) is 0 Å². The monoisotopic (exact) mass is 559 g/mol. The molecule has 1 aromatic rings. The second-order valence-electron chi connectivity index (χ2n) is 7.46. The van der Waals surface area contributed by atoms with Gasteiger partial charge < -0.3 is 20.3 Å². The van der Waals surface area contributed by atoms with Crippen LogP contribution in [-0.4, -0.2) is 75.1 Å². The van der Waals surface area contributed by atoms with E-state index in [2.05, 4.69) is 9.71 Å². The third-order valence-corrected chi connectivity index (χ3v) is 6.87. The first-order valence-electron chi connectivity index (χ1n) is 9.07. The van der Waals surface area contributed by atoms with Gasteiger partial charge in [0.25, 0.3) is 0 Å². The maximum absolute atomic E-state index is 12.2. The molecule has 0 radical (unpaired) electrons. The first-order chi connectivity index (χ1) is 13.0. The van der Waals surface area contributed by atoms with Crippen LogP contribution in [0.15, 0.2) is 21.3 Å². The summed E-state index contributed by atoms with van der Waals surface area (Å²) in [7, 11) is -3.51. The molecular weight excluding hydrogens is 529 g/mol. The molecule has 0 saturated carbocycles. The number of ether oxygens (including phenoxy) is 1. The maximum atomic E-state index is 12.2. The summed E-state index contributed by atoms with van der Waals surface area (Å²) in [6.45, 7) is 9.85. The molecule has 1 aliphatic rings. The SMILES string of the molecule is Cc1ccc(S(=O)(=O)NCCN=C(N)N2CCN(C(=O)OC(C)(C)C)CC2)s1.I. The Morgan fingerprint density at radius 2 is 1.83 bits per heavy atom. The molecule has 1 saturated heterocycles. The van der Waals surface area contributed by atoms with Crippen LogP contribution in [0.2, 0.25) is 0 Å². The second-order valence-corrected chi connectivity index (χ2v) is 10.7. The molecule has 29 heavy (non-hydrogen) atoms. The number of hydrogen-bond acceptors (Lipinski definition) is 6. The quantitative estimate of drug-likeness (QED) is 0.246. The molecule has 3 N–H and O–H groups in total. The first-order valence-corrected chi connectivity index (χ1v) is 11.4. The van der Waals surface area contributed by atoms with Gasteiger partial charge in [-0.25, -0.2) is 17.9 Å². The lowest BCUT2D eigenvalue weighted by Gasteiger charge is -2.36. The molecule has 0 bridgehead atoms. The van der Waals surface area contributed by atoms with Crippen LogP contribution in [0.3, 0.4) is 0 Å². The molecule has 1 aliphatic heterocycles. The van der Waals surface area contributed by atoms with Crippen molar-refractivity contribution in [3.63, 3.8) is 0 Å². The van der Waals surface area contributed by atoms with Crippen LogP contribution in [0.1, 0.15) is 25.6 Å². The number of amides is 1. The van der Waals surface area contributed by atoms with Crippen molar-refractivity contribution in [3.05, 3.63) is 17.0 Å². The summed E-state index contributed by atoms with van der Waals surface area (Å²) in [5.74, 6) is 0.343. The number of sulfonamides is 1. The Morgan fingerprint density at radius 1 is 1.24 bits per heavy atom. The van der Waals surface area contributed by atoms with Crippen LogP contribution < -0.4 is 10.5 Å². The number of hydrogen-bond donors (Lipinski definition) is 2. The standard InChI is InChI=1S/C17H29N5O4S2.HI/c1-13-5-6-14(27-13)28(24,25)20-8-7-19-15(18)21-9-11-22(12-10-21)16(23)26-17(2,3)4;/h5-6,20H,7-12H2,1-4H3,(H2,18,19);1H. The van der Waals surface area contributed by atoms with Crippen molar-refractivity contribution in [2.24, 2.45) is 10.7 Å². The average molecular weight is 559 g/mol. The number of nitrogens with zero attached hydrogens (tertiary/aromatic N) is 3. The highest BCUT2D eigenvalue weighted by Gasteiger charge is 2.26. The first kappa shape index (κ1) is 25.9. The van der Waals surface area contributed by atoms with Crippen molar-refractivity contribution in [1.82, 2.24) is 14.5 Å². The molecule has 166 valence electrons. The fourth-order valence-electron chi connectivity index (χ4n) is 2.52. The Bertz CT molecular complexity index is 812. The number of piperazine rings is 1. The number of nitrogens with one attached hydrogen (secondary N) is 1. The number of thiophene rings is 1. The number of carbonyl (C=O) groups is 1. The molecule has 0 spiro atoms. The van der Waals surface area contributed by atoms with E-state index in [0.29, 0.717) is 36.3 Å². The molecule has 0 aliphatic carbocycles. The summed E-state index contributed by atoms with van der Waals surface area (Å²) in [5, 5.41) is 0. The second kappa shape index (κ2) is 10.8. The van der Waals surface area contributed by atoms with E-state index in [0.717, 1.165) is 4.88 Å². The van der Waals surface area contributed by atoms with Crippen LogP contribution in [0.5, 0.6) is 0 Å². The van der Waals surface area contributed by atoms with Gasteiger partial charge in [-0.15, -0.1) is 35.3 Å². The predicted octanol–water partition coefficient (Wildman–Crippen LogP) is 1.82. The summed E-state index contributed by atoms with van der Waals surface area (Å²) >= 11 is 1.23. The van der Waals surface area contributed by atoms with E-state index in [-0.39, 0.29) is 43.2 Å². The van der Waals surface area contributed by atoms with Crippen molar-refractivity contribution >= 4 is 57.4 Å². The Hall–Kier alpha value is -1.12. The Balaban J connectivity index is 0.00000420. The maximum Gasteiger partial charge on any atom is 0.410 e. The minimum atomic E-state index is -3.51. The predicted molar refractivity (Wildman–Crippen MR) is 126 cm³/mol. The third-order valence-electron chi connectivity index (χ3n) is 3.91. The number of guanidine groups is 1. The average Bonchev–Trinajstić information content (AvgIpc) is 3.04. The minimum absolute atomic E-state index is 0. The van der Waals surface area contributed by atoms with E-state index in [4.69, 9.17) is 10.5 Å². The van der Waals surface area contributed by atoms with Gasteiger partial charge >= 0.3 is 6.09 Å². The zero-order valence-electron chi connectivity index (χ0n) is 17.2. The van der Waals surface area contributed by atoms with Gasteiger partial charge in [0, 0.05) is 37.6 Å². The highest BCUT2D eigenvalue weighted by molar-refractivity contribution is 14.0. The zero-order valence-corrected chi connectivity index (χ0v) is 21.1. The Kier molecular flexibility index (Phi) is 9.63. The fraction of sp³-hybridized carbons (Fsp3) is 0.647. The van der Waals surface area contributed by atoms with E-state index in [9.17, 15) is 13.2 Å². The number of aliphatic imine (C=N–C) groups is 1. The summed E-state index contributed by atoms with van der Waals surface area (Å²) in [5.41, 5.74) is 5.48. The van der Waals surface area contributed by atoms with Gasteiger partial charge in [0.05, 0.1) is 6.54 Å². The van der Waals surface area contributed by atoms with Crippen LogP contribution in [0, 0.1) is 6.92 Å². The lowest BCUT2D eigenvalue weighted by atomic mass is 10.2. The number of aryl methyl sites for hydroxylation is 1. The molecule has 0 aromatic carbocycles. The van der Waals surface area contributed by atoms with Gasteiger partial charge in [-0.3, -0.25) is 4.99 Å². The number of halogens is 1. The van der Waals surface area contributed by atoms with E-state index < -0.39 is 15.6 Å². The van der Waals surface area contributed by atoms with Gasteiger partial charge in [0.15, 0.2) is 5.96 Å². The van der Waals surface area contributed by atoms with Gasteiger partial charge in [0.1, 0.15) is 9.81 Å². The lowest BCUT2D eigenvalue weighted by molar-refractivity contribution is 0.0186. The van der Waals surface area contributed by atoms with E-state index >= 15 is 0 Å². The molecule has 1 fully saturated rings. The molecule has 0 atom stereocenters. The Morgan fingerprint density at radius 3 is 2.34 bits per heavy atom. The summed E-state index contributed by atoms with van der Waals surface area (Å²) in [6, 6.07) is 3.36. The molecule has 9 nitrogen and oxygen atoms in total.